The van der Waals surface area contributed by atoms with E-state index in [9.17, 15) is 0 Å². The van der Waals surface area contributed by atoms with E-state index < -0.39 is 0 Å². The summed E-state index contributed by atoms with van der Waals surface area (Å²) in [7, 11) is 0. The summed E-state index contributed by atoms with van der Waals surface area (Å²) in [6, 6.07) is 12.6. The Kier molecular flexibility index (Phi) is 2.83. The fourth-order valence-electron chi connectivity index (χ4n) is 2.41. The Balaban J connectivity index is 1.98. The van der Waals surface area contributed by atoms with Crippen molar-refractivity contribution in [3.63, 3.8) is 0 Å². The van der Waals surface area contributed by atoms with Crippen LogP contribution in [0.25, 0.3) is 16.8 Å². The highest BCUT2D eigenvalue weighted by atomic mass is 16.5. The molecule has 0 saturated carbocycles. The van der Waals surface area contributed by atoms with Crippen LogP contribution in [-0.4, -0.2) is 11.8 Å². The second-order valence-corrected chi connectivity index (χ2v) is 5.99. The van der Waals surface area contributed by atoms with E-state index in [-0.39, 0.29) is 11.8 Å². The van der Waals surface area contributed by atoms with E-state index in [1.165, 1.54) is 16.3 Å². The van der Waals surface area contributed by atoms with E-state index in [4.69, 9.17) is 4.74 Å². The van der Waals surface area contributed by atoms with Gasteiger partial charge >= 0.3 is 0 Å². The molecular weight excluding hydrogens is 234 g/mol. The molecule has 2 nitrogen and oxygen atoms in total. The average molecular weight is 253 g/mol. The van der Waals surface area contributed by atoms with Crippen molar-refractivity contribution in [1.82, 2.24) is 5.32 Å². The molecule has 0 spiro atoms. The Morgan fingerprint density at radius 1 is 1.05 bits per heavy atom. The minimum Gasteiger partial charge on any atom is -0.471 e. The number of ether oxygens (including phenoxy) is 1. The molecule has 0 aliphatic carbocycles. The van der Waals surface area contributed by atoms with Crippen molar-refractivity contribution in [3.8, 4) is 5.75 Å². The van der Waals surface area contributed by atoms with Gasteiger partial charge in [-0.25, -0.2) is 0 Å². The molecule has 1 aliphatic rings. The first kappa shape index (κ1) is 12.2. The molecule has 0 aromatic heterocycles. The number of nitrogens with one attached hydrogen (secondary N) is 1. The Morgan fingerprint density at radius 3 is 2.63 bits per heavy atom. The van der Waals surface area contributed by atoms with Crippen LogP contribution in [0.1, 0.15) is 26.3 Å². The van der Waals surface area contributed by atoms with Crippen LogP contribution in [0.3, 0.4) is 0 Å². The van der Waals surface area contributed by atoms with Crippen molar-refractivity contribution in [3.05, 3.63) is 48.0 Å². The third kappa shape index (κ3) is 2.49. The highest BCUT2D eigenvalue weighted by Gasteiger charge is 2.20. The normalized spacial score (nSPS) is 18.2. The van der Waals surface area contributed by atoms with E-state index in [1.807, 2.05) is 0 Å². The Morgan fingerprint density at radius 2 is 1.84 bits per heavy atom. The minimum absolute atomic E-state index is 0.0311. The van der Waals surface area contributed by atoms with Gasteiger partial charge in [0.1, 0.15) is 5.75 Å². The standard InChI is InChI=1S/C17H19NO/c1-17(2,3)18-16-11-9-14-13-7-5-4-6-12(13)8-10-15(14)19-16/h4-11,16,18H,1-3H3. The fraction of sp³-hybridized carbons (Fsp3) is 0.294. The minimum atomic E-state index is -0.0614. The number of hydrogen-bond donors (Lipinski definition) is 1. The van der Waals surface area contributed by atoms with Crippen molar-refractivity contribution in [2.75, 3.05) is 0 Å². The van der Waals surface area contributed by atoms with Crippen molar-refractivity contribution >= 4 is 16.8 Å². The largest absolute Gasteiger partial charge is 0.471 e. The molecule has 1 unspecified atom stereocenters. The van der Waals surface area contributed by atoms with Gasteiger partial charge in [0.05, 0.1) is 0 Å². The quantitative estimate of drug-likeness (QED) is 0.830. The maximum Gasteiger partial charge on any atom is 0.170 e. The number of fused-ring (bicyclic) bond motifs is 3. The lowest BCUT2D eigenvalue weighted by Gasteiger charge is -2.30. The van der Waals surface area contributed by atoms with Gasteiger partial charge < -0.3 is 4.74 Å². The number of benzene rings is 2. The monoisotopic (exact) mass is 253 g/mol. The lowest BCUT2D eigenvalue weighted by molar-refractivity contribution is 0.170. The highest BCUT2D eigenvalue weighted by molar-refractivity contribution is 5.93. The lowest BCUT2D eigenvalue weighted by Crippen LogP contribution is -2.46. The van der Waals surface area contributed by atoms with Gasteiger partial charge in [-0.1, -0.05) is 30.3 Å². The van der Waals surface area contributed by atoms with Gasteiger partial charge in [0.15, 0.2) is 6.23 Å². The molecule has 3 rings (SSSR count). The van der Waals surface area contributed by atoms with Crippen LogP contribution in [0.5, 0.6) is 5.75 Å². The topological polar surface area (TPSA) is 21.3 Å². The maximum absolute atomic E-state index is 6.02. The molecule has 0 fully saturated rings. The van der Waals surface area contributed by atoms with Gasteiger partial charge in [-0.2, -0.15) is 0 Å². The summed E-state index contributed by atoms with van der Waals surface area (Å²) in [4.78, 5) is 0. The van der Waals surface area contributed by atoms with Gasteiger partial charge in [0.25, 0.3) is 0 Å². The highest BCUT2D eigenvalue weighted by Crippen LogP contribution is 2.32. The van der Waals surface area contributed by atoms with Crippen molar-refractivity contribution < 1.29 is 4.74 Å². The predicted octanol–water partition coefficient (Wildman–Crippen LogP) is 3.96. The first-order valence-corrected chi connectivity index (χ1v) is 6.67. The summed E-state index contributed by atoms with van der Waals surface area (Å²) in [5, 5.41) is 5.93. The van der Waals surface area contributed by atoms with Crippen LogP contribution in [-0.2, 0) is 0 Å². The van der Waals surface area contributed by atoms with E-state index in [2.05, 4.69) is 74.6 Å². The third-order valence-corrected chi connectivity index (χ3v) is 3.20. The van der Waals surface area contributed by atoms with Crippen molar-refractivity contribution in [2.45, 2.75) is 32.5 Å². The maximum atomic E-state index is 6.02. The molecule has 98 valence electrons. The van der Waals surface area contributed by atoms with Crippen LogP contribution in [0, 0.1) is 0 Å². The van der Waals surface area contributed by atoms with Crippen molar-refractivity contribution in [1.29, 1.82) is 0 Å². The second kappa shape index (κ2) is 4.39. The molecule has 1 N–H and O–H groups in total. The summed E-state index contributed by atoms with van der Waals surface area (Å²) in [6.07, 6.45) is 4.18. The molecule has 2 heteroatoms. The Labute approximate surface area is 114 Å². The lowest BCUT2D eigenvalue weighted by atomic mass is 10.0. The van der Waals surface area contributed by atoms with Crippen molar-refractivity contribution in [2.24, 2.45) is 0 Å². The van der Waals surface area contributed by atoms with Gasteiger partial charge in [-0.05, 0) is 49.8 Å². The molecule has 0 amide bonds. The van der Waals surface area contributed by atoms with Gasteiger partial charge in [-0.15, -0.1) is 0 Å². The summed E-state index contributed by atoms with van der Waals surface area (Å²) in [5.41, 5.74) is 1.20. The second-order valence-electron chi connectivity index (χ2n) is 5.99. The molecule has 0 radical (unpaired) electrons. The first-order chi connectivity index (χ1) is 9.03. The van der Waals surface area contributed by atoms with Gasteiger partial charge in [-0.3, -0.25) is 5.32 Å². The van der Waals surface area contributed by atoms with Crippen LogP contribution in [0.4, 0.5) is 0 Å². The molecule has 0 bridgehead atoms. The molecule has 2 aromatic rings. The fourth-order valence-corrected chi connectivity index (χ4v) is 2.41. The first-order valence-electron chi connectivity index (χ1n) is 6.67. The summed E-state index contributed by atoms with van der Waals surface area (Å²) in [5.74, 6) is 0.947. The van der Waals surface area contributed by atoms with Crippen LogP contribution in [0.2, 0.25) is 0 Å². The zero-order valence-corrected chi connectivity index (χ0v) is 11.6. The van der Waals surface area contributed by atoms with E-state index in [0.717, 1.165) is 5.75 Å². The van der Waals surface area contributed by atoms with Gasteiger partial charge in [0.2, 0.25) is 0 Å². The SMILES string of the molecule is CC(C)(C)NC1C=Cc2c(ccc3ccccc23)O1. The molecular formula is C17H19NO. The van der Waals surface area contributed by atoms with E-state index in [0.29, 0.717) is 0 Å². The predicted molar refractivity (Wildman–Crippen MR) is 80.3 cm³/mol. The molecule has 0 saturated heterocycles. The van der Waals surface area contributed by atoms with Crippen LogP contribution < -0.4 is 10.1 Å². The van der Waals surface area contributed by atoms with Gasteiger partial charge in [0, 0.05) is 11.1 Å². The Hall–Kier alpha value is -1.80. The Bertz CT molecular complexity index is 637. The zero-order chi connectivity index (χ0) is 13.5. The average Bonchev–Trinajstić information content (AvgIpc) is 2.36. The number of hydrogen-bond acceptors (Lipinski definition) is 2. The summed E-state index contributed by atoms with van der Waals surface area (Å²) >= 11 is 0. The molecule has 19 heavy (non-hydrogen) atoms. The molecule has 1 atom stereocenters. The third-order valence-electron chi connectivity index (χ3n) is 3.20. The van der Waals surface area contributed by atoms with Crippen LogP contribution >= 0.6 is 0 Å². The van der Waals surface area contributed by atoms with E-state index >= 15 is 0 Å². The summed E-state index contributed by atoms with van der Waals surface area (Å²) < 4.78 is 6.02. The summed E-state index contributed by atoms with van der Waals surface area (Å²) in [6.45, 7) is 6.42. The number of rotatable bonds is 1. The molecule has 2 aromatic carbocycles. The zero-order valence-electron chi connectivity index (χ0n) is 11.6. The molecule has 1 heterocycles. The molecule has 1 aliphatic heterocycles. The van der Waals surface area contributed by atoms with E-state index in [1.54, 1.807) is 0 Å². The van der Waals surface area contributed by atoms with Crippen LogP contribution in [0.15, 0.2) is 42.5 Å². The smallest absolute Gasteiger partial charge is 0.170 e.